The molecule has 2 N–H and O–H groups in total. The van der Waals surface area contributed by atoms with E-state index in [9.17, 15) is 4.79 Å². The van der Waals surface area contributed by atoms with Gasteiger partial charge >= 0.3 is 0 Å². The second-order valence-electron chi connectivity index (χ2n) is 4.08. The van der Waals surface area contributed by atoms with Crippen LogP contribution in [-0.2, 0) is 0 Å². The van der Waals surface area contributed by atoms with Crippen molar-refractivity contribution in [1.82, 2.24) is 19.4 Å². The molecule has 6 nitrogen and oxygen atoms in total. The zero-order valence-electron chi connectivity index (χ0n) is 10.6. The van der Waals surface area contributed by atoms with Crippen LogP contribution in [0.25, 0.3) is 5.69 Å². The van der Waals surface area contributed by atoms with Crippen molar-refractivity contribution in [1.29, 1.82) is 0 Å². The number of carbonyl (C=O) groups is 1. The zero-order valence-corrected chi connectivity index (χ0v) is 11.4. The van der Waals surface area contributed by atoms with Crippen molar-refractivity contribution in [3.05, 3.63) is 42.2 Å². The summed E-state index contributed by atoms with van der Waals surface area (Å²) in [7, 11) is 3.35. The maximum Gasteiger partial charge on any atom is 0.272 e. The Hall–Kier alpha value is -2.28. The number of rotatable bonds is 3. The van der Waals surface area contributed by atoms with Crippen LogP contribution in [-0.4, -0.2) is 44.4 Å². The second-order valence-corrected chi connectivity index (χ2v) is 4.52. The van der Waals surface area contributed by atoms with Crippen LogP contribution in [0.1, 0.15) is 16.3 Å². The molecule has 0 saturated heterocycles. The van der Waals surface area contributed by atoms with Gasteiger partial charge in [-0.25, -0.2) is 4.98 Å². The molecule has 2 aromatic heterocycles. The van der Waals surface area contributed by atoms with Crippen molar-refractivity contribution in [2.24, 2.45) is 5.73 Å². The molecule has 98 valence electrons. The molecule has 2 heterocycles. The molecule has 0 fully saturated rings. The Kier molecular flexibility index (Phi) is 3.57. The number of aromatic nitrogens is 3. The summed E-state index contributed by atoms with van der Waals surface area (Å²) < 4.78 is 1.72. The number of hydrogen-bond donors (Lipinski definition) is 1. The molecule has 0 unspecified atom stereocenters. The van der Waals surface area contributed by atoms with Crippen LogP contribution >= 0.6 is 12.2 Å². The van der Waals surface area contributed by atoms with Gasteiger partial charge in [0.2, 0.25) is 0 Å². The summed E-state index contributed by atoms with van der Waals surface area (Å²) in [6.07, 6.45) is 4.89. The maximum atomic E-state index is 11.9. The number of imidazole rings is 1. The van der Waals surface area contributed by atoms with Gasteiger partial charge in [0, 0.05) is 32.7 Å². The van der Waals surface area contributed by atoms with Gasteiger partial charge in [-0.1, -0.05) is 12.2 Å². The zero-order chi connectivity index (χ0) is 14.0. The lowest BCUT2D eigenvalue weighted by Gasteiger charge is -2.11. The van der Waals surface area contributed by atoms with E-state index in [1.54, 1.807) is 49.4 Å². The molecule has 2 rings (SSSR count). The van der Waals surface area contributed by atoms with Crippen LogP contribution in [0, 0.1) is 0 Å². The summed E-state index contributed by atoms with van der Waals surface area (Å²) in [4.78, 5) is 21.7. The molecule has 0 radical (unpaired) electrons. The van der Waals surface area contributed by atoms with E-state index in [1.165, 1.54) is 4.90 Å². The van der Waals surface area contributed by atoms with Crippen LogP contribution in [0.3, 0.4) is 0 Å². The van der Waals surface area contributed by atoms with E-state index in [2.05, 4.69) is 9.97 Å². The average Bonchev–Trinajstić information content (AvgIpc) is 2.87. The van der Waals surface area contributed by atoms with Crippen molar-refractivity contribution in [3.8, 4) is 5.69 Å². The topological polar surface area (TPSA) is 77.0 Å². The number of hydrogen-bond acceptors (Lipinski definition) is 4. The number of nitrogens with zero attached hydrogens (tertiary/aromatic N) is 4. The molecule has 1 amide bonds. The van der Waals surface area contributed by atoms with E-state index < -0.39 is 0 Å². The largest absolute Gasteiger partial charge is 0.387 e. The SMILES string of the molecule is CN(C)C(=O)c1cc(-n2ccnc2C(N)=S)ccn1. The minimum absolute atomic E-state index is 0.168. The third-order valence-electron chi connectivity index (χ3n) is 2.51. The number of nitrogens with two attached hydrogens (primary N) is 1. The summed E-state index contributed by atoms with van der Waals surface area (Å²) >= 11 is 4.93. The van der Waals surface area contributed by atoms with Crippen molar-refractivity contribution in [2.75, 3.05) is 14.1 Å². The third kappa shape index (κ3) is 2.60. The normalized spacial score (nSPS) is 10.2. The Morgan fingerprint density at radius 2 is 2.11 bits per heavy atom. The predicted octanol–water partition coefficient (Wildman–Crippen LogP) is 0.603. The summed E-state index contributed by atoms with van der Waals surface area (Å²) in [6.45, 7) is 0. The van der Waals surface area contributed by atoms with Crippen LogP contribution in [0.2, 0.25) is 0 Å². The Morgan fingerprint density at radius 3 is 2.74 bits per heavy atom. The highest BCUT2D eigenvalue weighted by Gasteiger charge is 2.12. The van der Waals surface area contributed by atoms with Crippen LogP contribution in [0.5, 0.6) is 0 Å². The lowest BCUT2D eigenvalue weighted by atomic mass is 10.3. The van der Waals surface area contributed by atoms with Crippen molar-refractivity contribution in [2.45, 2.75) is 0 Å². The predicted molar refractivity (Wildman–Crippen MR) is 75.3 cm³/mol. The quantitative estimate of drug-likeness (QED) is 0.830. The first-order valence-corrected chi connectivity index (χ1v) is 5.92. The average molecular weight is 275 g/mol. The smallest absolute Gasteiger partial charge is 0.272 e. The molecule has 0 bridgehead atoms. The fourth-order valence-corrected chi connectivity index (χ4v) is 1.76. The van der Waals surface area contributed by atoms with Gasteiger partial charge in [-0.15, -0.1) is 0 Å². The van der Waals surface area contributed by atoms with Crippen molar-refractivity contribution < 1.29 is 4.79 Å². The number of carbonyl (C=O) groups excluding carboxylic acids is 1. The first-order valence-electron chi connectivity index (χ1n) is 5.52. The fourth-order valence-electron chi connectivity index (χ4n) is 1.61. The first kappa shape index (κ1) is 13.2. The van der Waals surface area contributed by atoms with Gasteiger partial charge in [-0.2, -0.15) is 0 Å². The monoisotopic (exact) mass is 275 g/mol. The molecular weight excluding hydrogens is 262 g/mol. The van der Waals surface area contributed by atoms with E-state index in [0.29, 0.717) is 11.5 Å². The van der Waals surface area contributed by atoms with E-state index in [-0.39, 0.29) is 10.9 Å². The highest BCUT2D eigenvalue weighted by atomic mass is 32.1. The molecule has 0 aliphatic heterocycles. The Balaban J connectivity index is 2.46. The summed E-state index contributed by atoms with van der Waals surface area (Å²) in [5.74, 6) is 0.309. The van der Waals surface area contributed by atoms with E-state index in [0.717, 1.165) is 5.69 Å². The van der Waals surface area contributed by atoms with Crippen molar-refractivity contribution >= 4 is 23.1 Å². The van der Waals surface area contributed by atoms with Gasteiger partial charge in [0.15, 0.2) is 5.82 Å². The second kappa shape index (κ2) is 5.15. The minimum Gasteiger partial charge on any atom is -0.387 e. The molecule has 0 aliphatic rings. The van der Waals surface area contributed by atoms with Crippen LogP contribution in [0.4, 0.5) is 0 Å². The molecule has 0 saturated carbocycles. The summed E-state index contributed by atoms with van der Waals surface area (Å²) in [5.41, 5.74) is 6.69. The Bertz CT molecular complexity index is 635. The molecule has 19 heavy (non-hydrogen) atoms. The summed E-state index contributed by atoms with van der Waals surface area (Å²) in [5, 5.41) is 0. The minimum atomic E-state index is -0.168. The lowest BCUT2D eigenvalue weighted by molar-refractivity contribution is 0.0822. The van der Waals surface area contributed by atoms with Gasteiger partial charge in [0.25, 0.3) is 5.91 Å². The van der Waals surface area contributed by atoms with Crippen LogP contribution in [0.15, 0.2) is 30.7 Å². The molecule has 0 atom stereocenters. The summed E-state index contributed by atoms with van der Waals surface area (Å²) in [6, 6.07) is 3.43. The van der Waals surface area contributed by atoms with Gasteiger partial charge in [0.05, 0.1) is 5.69 Å². The standard InChI is InChI=1S/C12H13N5OS/c1-16(2)12(18)9-7-8(3-4-14-9)17-6-5-15-11(17)10(13)19/h3-7H,1-2H3,(H2,13,19). The van der Waals surface area contributed by atoms with Gasteiger partial charge < -0.3 is 10.6 Å². The number of amides is 1. The van der Waals surface area contributed by atoms with Gasteiger partial charge in [-0.3, -0.25) is 14.3 Å². The van der Waals surface area contributed by atoms with E-state index >= 15 is 0 Å². The third-order valence-corrected chi connectivity index (χ3v) is 2.69. The molecular formula is C12H13N5OS. The highest BCUT2D eigenvalue weighted by Crippen LogP contribution is 2.12. The van der Waals surface area contributed by atoms with Gasteiger partial charge in [-0.05, 0) is 12.1 Å². The molecule has 0 spiro atoms. The first-order chi connectivity index (χ1) is 9.00. The highest BCUT2D eigenvalue weighted by molar-refractivity contribution is 7.80. The molecule has 0 aliphatic carbocycles. The Labute approximate surface area is 115 Å². The maximum absolute atomic E-state index is 11.9. The molecule has 7 heteroatoms. The fraction of sp³-hybridized carbons (Fsp3) is 0.167. The molecule has 2 aromatic rings. The molecule has 0 aromatic carbocycles. The lowest BCUT2D eigenvalue weighted by Crippen LogP contribution is -2.23. The van der Waals surface area contributed by atoms with Gasteiger partial charge in [0.1, 0.15) is 10.7 Å². The Morgan fingerprint density at radius 1 is 1.37 bits per heavy atom. The van der Waals surface area contributed by atoms with E-state index in [1.807, 2.05) is 0 Å². The van der Waals surface area contributed by atoms with E-state index in [4.69, 9.17) is 18.0 Å². The van der Waals surface area contributed by atoms with Crippen molar-refractivity contribution in [3.63, 3.8) is 0 Å². The number of pyridine rings is 1. The number of thiocarbonyl (C=S) groups is 1. The van der Waals surface area contributed by atoms with Crippen LogP contribution < -0.4 is 5.73 Å².